The Bertz CT molecular complexity index is 337. The van der Waals surface area contributed by atoms with Gasteiger partial charge in [0.15, 0.2) is 0 Å². The summed E-state index contributed by atoms with van der Waals surface area (Å²) in [4.78, 5) is 22.6. The molecule has 1 saturated carbocycles. The van der Waals surface area contributed by atoms with Gasteiger partial charge in [0.1, 0.15) is 6.04 Å². The fourth-order valence-corrected chi connectivity index (χ4v) is 2.10. The third kappa shape index (κ3) is 3.47. The van der Waals surface area contributed by atoms with E-state index in [1.807, 2.05) is 6.08 Å². The lowest BCUT2D eigenvalue weighted by molar-refractivity contribution is -0.139. The summed E-state index contributed by atoms with van der Waals surface area (Å²) < 4.78 is 0. The first-order valence-corrected chi connectivity index (χ1v) is 6.11. The Morgan fingerprint density at radius 3 is 2.53 bits per heavy atom. The van der Waals surface area contributed by atoms with E-state index in [0.29, 0.717) is 0 Å². The predicted molar refractivity (Wildman–Crippen MR) is 62.6 cm³/mol. The molecule has 2 aliphatic carbocycles. The maximum Gasteiger partial charge on any atom is 0.326 e. The van der Waals surface area contributed by atoms with Crippen molar-refractivity contribution >= 4 is 12.0 Å². The molecule has 0 saturated heterocycles. The van der Waals surface area contributed by atoms with Gasteiger partial charge in [-0.1, -0.05) is 12.2 Å². The van der Waals surface area contributed by atoms with Crippen molar-refractivity contribution in [2.45, 2.75) is 44.2 Å². The molecule has 0 heterocycles. The molecule has 0 aromatic rings. The van der Waals surface area contributed by atoms with Crippen molar-refractivity contribution in [2.75, 3.05) is 0 Å². The molecule has 5 nitrogen and oxygen atoms in total. The Hall–Kier alpha value is -1.52. The Balaban J connectivity index is 1.79. The van der Waals surface area contributed by atoms with Crippen LogP contribution in [0.25, 0.3) is 0 Å². The first-order chi connectivity index (χ1) is 8.16. The van der Waals surface area contributed by atoms with Crippen molar-refractivity contribution in [1.29, 1.82) is 0 Å². The SMILES string of the molecule is O=C(NC1CC=CCC1)NC(C(=O)O)C1CC1. The molecule has 2 unspecified atom stereocenters. The number of nitrogens with one attached hydrogen (secondary N) is 2. The van der Waals surface area contributed by atoms with E-state index in [0.717, 1.165) is 32.1 Å². The number of hydrogen-bond acceptors (Lipinski definition) is 2. The lowest BCUT2D eigenvalue weighted by atomic mass is 10.0. The van der Waals surface area contributed by atoms with Gasteiger partial charge >= 0.3 is 12.0 Å². The van der Waals surface area contributed by atoms with Gasteiger partial charge in [0.05, 0.1) is 0 Å². The molecule has 0 bridgehead atoms. The third-order valence-electron chi connectivity index (χ3n) is 3.25. The minimum atomic E-state index is -0.939. The minimum Gasteiger partial charge on any atom is -0.480 e. The molecular weight excluding hydrogens is 220 g/mol. The molecule has 0 spiro atoms. The summed E-state index contributed by atoms with van der Waals surface area (Å²) in [6, 6.07) is -0.951. The lowest BCUT2D eigenvalue weighted by Crippen LogP contribution is -2.50. The molecule has 2 atom stereocenters. The highest BCUT2D eigenvalue weighted by Gasteiger charge is 2.37. The molecule has 3 N–H and O–H groups in total. The van der Waals surface area contributed by atoms with Gasteiger partial charge < -0.3 is 15.7 Å². The monoisotopic (exact) mass is 238 g/mol. The van der Waals surface area contributed by atoms with E-state index in [4.69, 9.17) is 5.11 Å². The maximum atomic E-state index is 11.6. The number of urea groups is 1. The normalized spacial score (nSPS) is 25.1. The van der Waals surface area contributed by atoms with Crippen molar-refractivity contribution in [3.05, 3.63) is 12.2 Å². The van der Waals surface area contributed by atoms with Crippen LogP contribution in [0.5, 0.6) is 0 Å². The van der Waals surface area contributed by atoms with Gasteiger partial charge in [-0.3, -0.25) is 0 Å². The average molecular weight is 238 g/mol. The van der Waals surface area contributed by atoms with E-state index < -0.39 is 12.0 Å². The fraction of sp³-hybridized carbons (Fsp3) is 0.667. The highest BCUT2D eigenvalue weighted by molar-refractivity contribution is 5.83. The highest BCUT2D eigenvalue weighted by atomic mass is 16.4. The van der Waals surface area contributed by atoms with Gasteiger partial charge in [-0.05, 0) is 38.0 Å². The van der Waals surface area contributed by atoms with Crippen LogP contribution in [0.4, 0.5) is 4.79 Å². The highest BCUT2D eigenvalue weighted by Crippen LogP contribution is 2.32. The minimum absolute atomic E-state index is 0.115. The first-order valence-electron chi connectivity index (χ1n) is 6.11. The summed E-state index contributed by atoms with van der Waals surface area (Å²) in [6.07, 6.45) is 8.65. The van der Waals surface area contributed by atoms with E-state index in [1.165, 1.54) is 0 Å². The Kier molecular flexibility index (Phi) is 3.66. The number of carboxylic acids is 1. The molecule has 94 valence electrons. The molecule has 5 heteroatoms. The smallest absolute Gasteiger partial charge is 0.326 e. The zero-order valence-electron chi connectivity index (χ0n) is 9.69. The molecule has 2 aliphatic rings. The number of amides is 2. The number of rotatable bonds is 4. The Morgan fingerprint density at radius 2 is 2.00 bits per heavy atom. The number of carbonyl (C=O) groups excluding carboxylic acids is 1. The second kappa shape index (κ2) is 5.21. The van der Waals surface area contributed by atoms with E-state index in [9.17, 15) is 9.59 Å². The zero-order valence-corrected chi connectivity index (χ0v) is 9.69. The first kappa shape index (κ1) is 12.0. The van der Waals surface area contributed by atoms with E-state index in [1.54, 1.807) is 0 Å². The van der Waals surface area contributed by atoms with Gasteiger partial charge in [-0.25, -0.2) is 9.59 Å². The number of carbonyl (C=O) groups is 2. The van der Waals surface area contributed by atoms with Crippen LogP contribution in [-0.4, -0.2) is 29.2 Å². The number of carboxylic acid groups (broad SMARTS) is 1. The van der Waals surface area contributed by atoms with Crippen LogP contribution in [0.2, 0.25) is 0 Å². The van der Waals surface area contributed by atoms with Crippen LogP contribution in [-0.2, 0) is 4.79 Å². The van der Waals surface area contributed by atoms with Crippen LogP contribution in [0, 0.1) is 5.92 Å². The molecule has 2 amide bonds. The van der Waals surface area contributed by atoms with E-state index >= 15 is 0 Å². The second-order valence-corrected chi connectivity index (χ2v) is 4.75. The van der Waals surface area contributed by atoms with Gasteiger partial charge in [-0.15, -0.1) is 0 Å². The van der Waals surface area contributed by atoms with Crippen molar-refractivity contribution in [3.8, 4) is 0 Å². The second-order valence-electron chi connectivity index (χ2n) is 4.75. The predicted octanol–water partition coefficient (Wildman–Crippen LogP) is 1.26. The standard InChI is InChI=1S/C12H18N2O3/c15-11(16)10(8-6-7-8)14-12(17)13-9-4-2-1-3-5-9/h1-2,8-10H,3-7H2,(H,15,16)(H2,13,14,17). The van der Waals surface area contributed by atoms with Gasteiger partial charge in [0.2, 0.25) is 0 Å². The molecule has 0 aromatic heterocycles. The topological polar surface area (TPSA) is 78.4 Å². The van der Waals surface area contributed by atoms with Gasteiger partial charge in [-0.2, -0.15) is 0 Å². The maximum absolute atomic E-state index is 11.6. The molecule has 17 heavy (non-hydrogen) atoms. The van der Waals surface area contributed by atoms with Crippen molar-refractivity contribution in [2.24, 2.45) is 5.92 Å². The van der Waals surface area contributed by atoms with Gasteiger partial charge in [0, 0.05) is 6.04 Å². The molecule has 0 aromatic carbocycles. The van der Waals surface area contributed by atoms with Crippen LogP contribution < -0.4 is 10.6 Å². The molecule has 1 fully saturated rings. The Morgan fingerprint density at radius 1 is 1.24 bits per heavy atom. The van der Waals surface area contributed by atoms with Crippen LogP contribution in [0.15, 0.2) is 12.2 Å². The van der Waals surface area contributed by atoms with Gasteiger partial charge in [0.25, 0.3) is 0 Å². The largest absolute Gasteiger partial charge is 0.480 e. The quantitative estimate of drug-likeness (QED) is 0.645. The molecule has 0 radical (unpaired) electrons. The molecule has 0 aliphatic heterocycles. The summed E-state index contributed by atoms with van der Waals surface area (Å²) in [7, 11) is 0. The summed E-state index contributed by atoms with van der Waals surface area (Å²) in [5.74, 6) is -0.823. The number of hydrogen-bond donors (Lipinski definition) is 3. The van der Waals surface area contributed by atoms with Crippen molar-refractivity contribution in [3.63, 3.8) is 0 Å². The third-order valence-corrected chi connectivity index (χ3v) is 3.25. The van der Waals surface area contributed by atoms with E-state index in [2.05, 4.69) is 16.7 Å². The van der Waals surface area contributed by atoms with Crippen LogP contribution >= 0.6 is 0 Å². The Labute approximate surface area is 100 Å². The summed E-state index contributed by atoms with van der Waals surface area (Å²) in [5.41, 5.74) is 0. The number of allylic oxidation sites excluding steroid dienone is 1. The molecule has 2 rings (SSSR count). The average Bonchev–Trinajstić information content (AvgIpc) is 3.11. The van der Waals surface area contributed by atoms with Crippen LogP contribution in [0.3, 0.4) is 0 Å². The summed E-state index contributed by atoms with van der Waals surface area (Å²) in [6.45, 7) is 0. The summed E-state index contributed by atoms with van der Waals surface area (Å²) in [5, 5.41) is 14.4. The van der Waals surface area contributed by atoms with Crippen LogP contribution in [0.1, 0.15) is 32.1 Å². The van der Waals surface area contributed by atoms with Crippen molar-refractivity contribution in [1.82, 2.24) is 10.6 Å². The fourth-order valence-electron chi connectivity index (χ4n) is 2.10. The molecular formula is C12H18N2O3. The van der Waals surface area contributed by atoms with E-state index in [-0.39, 0.29) is 18.0 Å². The lowest BCUT2D eigenvalue weighted by Gasteiger charge is -2.21. The van der Waals surface area contributed by atoms with Crippen molar-refractivity contribution < 1.29 is 14.7 Å². The number of aliphatic carboxylic acids is 1. The zero-order chi connectivity index (χ0) is 12.3. The summed E-state index contributed by atoms with van der Waals surface area (Å²) >= 11 is 0.